The standard InChI is InChI=1S/C17H20BrNO3/c1-12-10-14(13(2)22-12)11-19-17(20)8-5-9-21-16-7-4-3-6-15(16)18/h3-4,6-7,10H,5,8-9,11H2,1-2H3,(H,19,20). The topological polar surface area (TPSA) is 51.5 Å². The van der Waals surface area contributed by atoms with E-state index in [0.717, 1.165) is 27.3 Å². The summed E-state index contributed by atoms with van der Waals surface area (Å²) in [6, 6.07) is 9.63. The van der Waals surface area contributed by atoms with Crippen molar-refractivity contribution < 1.29 is 13.9 Å². The number of carbonyl (C=O) groups is 1. The van der Waals surface area contributed by atoms with Gasteiger partial charge in [0, 0.05) is 18.5 Å². The third-order valence-electron chi connectivity index (χ3n) is 3.26. The zero-order valence-electron chi connectivity index (χ0n) is 12.8. The molecule has 0 atom stereocenters. The summed E-state index contributed by atoms with van der Waals surface area (Å²) in [4.78, 5) is 11.8. The molecule has 0 aliphatic heterocycles. The Labute approximate surface area is 139 Å². The summed E-state index contributed by atoms with van der Waals surface area (Å²) in [6.07, 6.45) is 1.12. The number of halogens is 1. The smallest absolute Gasteiger partial charge is 0.220 e. The fraction of sp³-hybridized carbons (Fsp3) is 0.353. The molecule has 118 valence electrons. The van der Waals surface area contributed by atoms with E-state index in [4.69, 9.17) is 9.15 Å². The number of benzene rings is 1. The van der Waals surface area contributed by atoms with E-state index >= 15 is 0 Å². The van der Waals surface area contributed by atoms with Crippen LogP contribution < -0.4 is 10.1 Å². The van der Waals surface area contributed by atoms with Gasteiger partial charge in [0.1, 0.15) is 17.3 Å². The molecule has 0 fully saturated rings. The minimum absolute atomic E-state index is 0.0222. The molecule has 22 heavy (non-hydrogen) atoms. The van der Waals surface area contributed by atoms with Gasteiger partial charge in [-0.2, -0.15) is 0 Å². The molecule has 2 aromatic rings. The van der Waals surface area contributed by atoms with Gasteiger partial charge in [0.05, 0.1) is 11.1 Å². The molecule has 1 amide bonds. The van der Waals surface area contributed by atoms with Crippen LogP contribution in [0.15, 0.2) is 39.2 Å². The quantitative estimate of drug-likeness (QED) is 0.750. The van der Waals surface area contributed by atoms with Crippen molar-refractivity contribution in [2.45, 2.75) is 33.2 Å². The molecule has 0 saturated heterocycles. The summed E-state index contributed by atoms with van der Waals surface area (Å²) in [6.45, 7) is 4.82. The zero-order valence-corrected chi connectivity index (χ0v) is 14.4. The van der Waals surface area contributed by atoms with Crippen LogP contribution in [0.3, 0.4) is 0 Å². The highest BCUT2D eigenvalue weighted by atomic mass is 79.9. The number of hydrogen-bond acceptors (Lipinski definition) is 3. The van der Waals surface area contributed by atoms with Crippen LogP contribution in [0.25, 0.3) is 0 Å². The van der Waals surface area contributed by atoms with Crippen molar-refractivity contribution in [3.05, 3.63) is 51.9 Å². The third-order valence-corrected chi connectivity index (χ3v) is 3.92. The third kappa shape index (κ3) is 4.91. The molecular weight excluding hydrogens is 346 g/mol. The van der Waals surface area contributed by atoms with Crippen molar-refractivity contribution in [2.24, 2.45) is 0 Å². The lowest BCUT2D eigenvalue weighted by molar-refractivity contribution is -0.121. The van der Waals surface area contributed by atoms with Crippen molar-refractivity contribution in [1.82, 2.24) is 5.32 Å². The van der Waals surface area contributed by atoms with Gasteiger partial charge in [-0.1, -0.05) is 12.1 Å². The number of rotatable bonds is 7. The van der Waals surface area contributed by atoms with Crippen LogP contribution in [-0.4, -0.2) is 12.5 Å². The van der Waals surface area contributed by atoms with E-state index in [2.05, 4.69) is 21.2 Å². The van der Waals surface area contributed by atoms with E-state index in [1.165, 1.54) is 0 Å². The monoisotopic (exact) mass is 365 g/mol. The fourth-order valence-electron chi connectivity index (χ4n) is 2.12. The Hall–Kier alpha value is -1.75. The normalized spacial score (nSPS) is 10.5. The maximum absolute atomic E-state index is 11.8. The maximum atomic E-state index is 11.8. The Morgan fingerprint density at radius 2 is 2.09 bits per heavy atom. The zero-order chi connectivity index (χ0) is 15.9. The van der Waals surface area contributed by atoms with Gasteiger partial charge in [0.25, 0.3) is 0 Å². The molecular formula is C17H20BrNO3. The molecule has 0 radical (unpaired) electrons. The van der Waals surface area contributed by atoms with Crippen LogP contribution in [0.5, 0.6) is 5.75 Å². The van der Waals surface area contributed by atoms with Crippen molar-refractivity contribution in [1.29, 1.82) is 0 Å². The molecule has 1 N–H and O–H groups in total. The van der Waals surface area contributed by atoms with Gasteiger partial charge in [0.2, 0.25) is 5.91 Å². The minimum atomic E-state index is 0.0222. The summed E-state index contributed by atoms with van der Waals surface area (Å²) < 4.78 is 12.0. The summed E-state index contributed by atoms with van der Waals surface area (Å²) in [5, 5.41) is 2.90. The lowest BCUT2D eigenvalue weighted by atomic mass is 10.2. The van der Waals surface area contributed by atoms with E-state index in [9.17, 15) is 4.79 Å². The van der Waals surface area contributed by atoms with Crippen LogP contribution in [-0.2, 0) is 11.3 Å². The summed E-state index contributed by atoms with van der Waals surface area (Å²) in [5.41, 5.74) is 1.02. The van der Waals surface area contributed by atoms with Crippen LogP contribution >= 0.6 is 15.9 Å². The largest absolute Gasteiger partial charge is 0.492 e. The van der Waals surface area contributed by atoms with E-state index in [0.29, 0.717) is 26.0 Å². The molecule has 2 rings (SSSR count). The number of nitrogens with one attached hydrogen (secondary N) is 1. The van der Waals surface area contributed by atoms with E-state index in [-0.39, 0.29) is 5.91 Å². The second-order valence-electron chi connectivity index (χ2n) is 5.10. The van der Waals surface area contributed by atoms with Crippen LogP contribution in [0, 0.1) is 13.8 Å². The average Bonchev–Trinajstić information content (AvgIpc) is 2.81. The first kappa shape index (κ1) is 16.6. The highest BCUT2D eigenvalue weighted by Gasteiger charge is 2.07. The molecule has 0 unspecified atom stereocenters. The maximum Gasteiger partial charge on any atom is 0.220 e. The predicted octanol–water partition coefficient (Wildman–Crippen LogP) is 4.13. The van der Waals surface area contributed by atoms with Gasteiger partial charge in [-0.05, 0) is 54.4 Å². The van der Waals surface area contributed by atoms with Gasteiger partial charge in [-0.3, -0.25) is 4.79 Å². The number of hydrogen-bond donors (Lipinski definition) is 1. The number of ether oxygens (including phenoxy) is 1. The number of amides is 1. The SMILES string of the molecule is Cc1cc(CNC(=O)CCCOc2ccccc2Br)c(C)o1. The van der Waals surface area contributed by atoms with Gasteiger partial charge < -0.3 is 14.5 Å². The number of carbonyl (C=O) groups excluding carboxylic acids is 1. The average molecular weight is 366 g/mol. The Morgan fingerprint density at radius 3 is 2.77 bits per heavy atom. The summed E-state index contributed by atoms with van der Waals surface area (Å²) >= 11 is 3.42. The molecule has 1 heterocycles. The first-order valence-electron chi connectivity index (χ1n) is 7.26. The molecule has 0 saturated carbocycles. The lowest BCUT2D eigenvalue weighted by Crippen LogP contribution is -2.23. The van der Waals surface area contributed by atoms with Gasteiger partial charge >= 0.3 is 0 Å². The number of furan rings is 1. The first-order chi connectivity index (χ1) is 10.6. The summed E-state index contributed by atoms with van der Waals surface area (Å²) in [7, 11) is 0. The minimum Gasteiger partial charge on any atom is -0.492 e. The first-order valence-corrected chi connectivity index (χ1v) is 8.05. The second-order valence-corrected chi connectivity index (χ2v) is 5.95. The second kappa shape index (κ2) is 8.03. The van der Waals surface area contributed by atoms with Gasteiger partial charge in [0.15, 0.2) is 0 Å². The Kier molecular flexibility index (Phi) is 6.07. The fourth-order valence-corrected chi connectivity index (χ4v) is 2.52. The van der Waals surface area contributed by atoms with E-state index in [1.54, 1.807) is 0 Å². The van der Waals surface area contributed by atoms with Crippen molar-refractivity contribution in [3.8, 4) is 5.75 Å². The van der Waals surface area contributed by atoms with Gasteiger partial charge in [-0.25, -0.2) is 0 Å². The van der Waals surface area contributed by atoms with E-state index in [1.807, 2.05) is 44.2 Å². The van der Waals surface area contributed by atoms with E-state index < -0.39 is 0 Å². The molecule has 0 aliphatic carbocycles. The van der Waals surface area contributed by atoms with Crippen LogP contribution in [0.2, 0.25) is 0 Å². The molecule has 4 nitrogen and oxygen atoms in total. The molecule has 1 aromatic heterocycles. The van der Waals surface area contributed by atoms with Crippen LogP contribution in [0.1, 0.15) is 29.9 Å². The van der Waals surface area contributed by atoms with Crippen LogP contribution in [0.4, 0.5) is 0 Å². The number of para-hydroxylation sites is 1. The summed E-state index contributed by atoms with van der Waals surface area (Å²) in [5.74, 6) is 2.54. The highest BCUT2D eigenvalue weighted by molar-refractivity contribution is 9.10. The number of aryl methyl sites for hydroxylation is 2. The van der Waals surface area contributed by atoms with Crippen molar-refractivity contribution in [2.75, 3.05) is 6.61 Å². The van der Waals surface area contributed by atoms with Crippen molar-refractivity contribution in [3.63, 3.8) is 0 Å². The molecule has 0 bridgehead atoms. The Balaban J connectivity index is 1.66. The predicted molar refractivity (Wildman–Crippen MR) is 88.9 cm³/mol. The Morgan fingerprint density at radius 1 is 1.32 bits per heavy atom. The molecule has 0 spiro atoms. The highest BCUT2D eigenvalue weighted by Crippen LogP contribution is 2.23. The van der Waals surface area contributed by atoms with Gasteiger partial charge in [-0.15, -0.1) is 0 Å². The molecule has 1 aromatic carbocycles. The van der Waals surface area contributed by atoms with Crippen molar-refractivity contribution >= 4 is 21.8 Å². The molecule has 5 heteroatoms. The molecule has 0 aliphatic rings. The lowest BCUT2D eigenvalue weighted by Gasteiger charge is -2.08. The Bertz CT molecular complexity index is 637.